The van der Waals surface area contributed by atoms with E-state index in [4.69, 9.17) is 10.5 Å². The Morgan fingerprint density at radius 3 is 2.40 bits per heavy atom. The van der Waals surface area contributed by atoms with Gasteiger partial charge >= 0.3 is 0 Å². The lowest BCUT2D eigenvalue weighted by Crippen LogP contribution is -2.55. The molecular formula is C31H43FN4O4. The summed E-state index contributed by atoms with van der Waals surface area (Å²) in [6.45, 7) is 6.10. The molecule has 0 bridgehead atoms. The maximum Gasteiger partial charge on any atom is 0.243 e. The van der Waals surface area contributed by atoms with Crippen LogP contribution in [-0.4, -0.2) is 66.9 Å². The Bertz CT molecular complexity index is 1140. The first kappa shape index (κ1) is 31.2. The third-order valence-electron chi connectivity index (χ3n) is 7.40. The predicted octanol–water partition coefficient (Wildman–Crippen LogP) is 3.02. The number of carbonyl (C=O) groups excluding carboxylic acids is 3. The number of carbonyl (C=O) groups is 3. The molecule has 1 aliphatic rings. The summed E-state index contributed by atoms with van der Waals surface area (Å²) in [5.74, 6) is -0.139. The summed E-state index contributed by atoms with van der Waals surface area (Å²) >= 11 is 0. The second-order valence-corrected chi connectivity index (χ2v) is 10.8. The number of ketones is 1. The second-order valence-electron chi connectivity index (χ2n) is 10.8. The molecule has 8 nitrogen and oxygen atoms in total. The number of amides is 2. The molecule has 0 heterocycles. The van der Waals surface area contributed by atoms with Gasteiger partial charge in [-0.3, -0.25) is 14.4 Å². The molecule has 2 amide bonds. The Kier molecular flexibility index (Phi) is 11.6. The Labute approximate surface area is 236 Å². The van der Waals surface area contributed by atoms with Gasteiger partial charge in [0.2, 0.25) is 11.8 Å². The monoisotopic (exact) mass is 554 g/mol. The van der Waals surface area contributed by atoms with Gasteiger partial charge in [0.15, 0.2) is 5.78 Å². The Morgan fingerprint density at radius 2 is 1.77 bits per heavy atom. The molecule has 2 aromatic rings. The zero-order chi connectivity index (χ0) is 29.2. The summed E-state index contributed by atoms with van der Waals surface area (Å²) in [6, 6.07) is 11.7. The van der Waals surface area contributed by atoms with E-state index in [-0.39, 0.29) is 36.0 Å². The number of aryl methyl sites for hydroxylation is 1. The number of ether oxygens (including phenoxy) is 1. The topological polar surface area (TPSA) is 114 Å². The smallest absolute Gasteiger partial charge is 0.243 e. The van der Waals surface area contributed by atoms with Gasteiger partial charge in [0.1, 0.15) is 23.7 Å². The van der Waals surface area contributed by atoms with Gasteiger partial charge in [0.05, 0.1) is 12.1 Å². The molecule has 0 aliphatic heterocycles. The minimum atomic E-state index is -0.784. The molecule has 0 radical (unpaired) electrons. The Morgan fingerprint density at radius 1 is 1.10 bits per heavy atom. The van der Waals surface area contributed by atoms with Gasteiger partial charge < -0.3 is 26.0 Å². The number of halogens is 1. The highest BCUT2D eigenvalue weighted by atomic mass is 19.1. The SMILES string of the molecule is CC(=O)[C@@H](Cc1ccc(F)cc1)NC(=O)[C@@H](C)N(C)C(=O)[C@@H](NC[C@@H](C)Oc1ccccc1CCCN)C1CC1. The summed E-state index contributed by atoms with van der Waals surface area (Å²) in [7, 11) is 1.61. The van der Waals surface area contributed by atoms with Gasteiger partial charge in [-0.1, -0.05) is 30.3 Å². The lowest BCUT2D eigenvalue weighted by molar-refractivity contribution is -0.141. The van der Waals surface area contributed by atoms with Gasteiger partial charge in [-0.2, -0.15) is 0 Å². The standard InChI is InChI=1S/C31H43FN4O4/c1-20(40-28-10-6-5-8-24(28)9-7-17-33)19-34-29(25-13-14-25)31(39)36(4)21(2)30(38)35-27(22(3)37)18-23-11-15-26(32)16-12-23/h5-6,8,10-12,15-16,20-21,25,27,29,34H,7,9,13-14,17-19,33H2,1-4H3,(H,35,38)/t20-,21-,27-,29+/m1/s1. The van der Waals surface area contributed by atoms with E-state index in [1.54, 1.807) is 26.1 Å². The van der Waals surface area contributed by atoms with Gasteiger partial charge in [-0.05, 0) is 94.7 Å². The third kappa shape index (κ3) is 9.13. The summed E-state index contributed by atoms with van der Waals surface area (Å²) in [4.78, 5) is 40.2. The number of rotatable bonds is 16. The number of likely N-dealkylation sites (N-methyl/N-ethyl adjacent to an activating group) is 1. The van der Waals surface area contributed by atoms with E-state index in [1.165, 1.54) is 24.0 Å². The van der Waals surface area contributed by atoms with Crippen molar-refractivity contribution in [3.63, 3.8) is 0 Å². The average molecular weight is 555 g/mol. The number of hydrogen-bond donors (Lipinski definition) is 3. The minimum Gasteiger partial charge on any atom is -0.489 e. The second kappa shape index (κ2) is 14.9. The average Bonchev–Trinajstić information content (AvgIpc) is 3.77. The summed E-state index contributed by atoms with van der Waals surface area (Å²) in [6.07, 6.45) is 3.67. The Hall–Kier alpha value is -3.30. The quantitative estimate of drug-likeness (QED) is 0.294. The zero-order valence-electron chi connectivity index (χ0n) is 24.0. The maximum absolute atomic E-state index is 13.5. The van der Waals surface area contributed by atoms with Crippen molar-refractivity contribution in [3.8, 4) is 5.75 Å². The van der Waals surface area contributed by atoms with Crippen LogP contribution < -0.4 is 21.1 Å². The molecule has 0 aromatic heterocycles. The summed E-state index contributed by atoms with van der Waals surface area (Å²) < 4.78 is 19.4. The molecule has 0 spiro atoms. The number of Topliss-reactive ketones (excluding diaryl/α,β-unsaturated/α-hetero) is 1. The van der Waals surface area contributed by atoms with Crippen molar-refractivity contribution in [1.82, 2.24) is 15.5 Å². The Balaban J connectivity index is 1.57. The van der Waals surface area contributed by atoms with E-state index < -0.39 is 24.0 Å². The van der Waals surface area contributed by atoms with Crippen LogP contribution in [0.15, 0.2) is 48.5 Å². The van der Waals surface area contributed by atoms with Crippen LogP contribution in [0.3, 0.4) is 0 Å². The first-order valence-electron chi connectivity index (χ1n) is 14.1. The normalized spacial score (nSPS) is 15.9. The van der Waals surface area contributed by atoms with E-state index in [0.717, 1.165) is 42.6 Å². The third-order valence-corrected chi connectivity index (χ3v) is 7.40. The van der Waals surface area contributed by atoms with Crippen LogP contribution in [0.1, 0.15) is 51.2 Å². The number of para-hydroxylation sites is 1. The number of nitrogens with one attached hydrogen (secondary N) is 2. The molecule has 3 rings (SSSR count). The van der Waals surface area contributed by atoms with E-state index in [9.17, 15) is 18.8 Å². The van der Waals surface area contributed by atoms with Crippen LogP contribution >= 0.6 is 0 Å². The molecule has 218 valence electrons. The van der Waals surface area contributed by atoms with Crippen LogP contribution in [0.25, 0.3) is 0 Å². The first-order chi connectivity index (χ1) is 19.1. The molecule has 9 heteroatoms. The van der Waals surface area contributed by atoms with Crippen molar-refractivity contribution in [3.05, 3.63) is 65.5 Å². The van der Waals surface area contributed by atoms with Crippen molar-refractivity contribution < 1.29 is 23.5 Å². The fraction of sp³-hybridized carbons (Fsp3) is 0.516. The number of nitrogens with two attached hydrogens (primary N) is 1. The van der Waals surface area contributed by atoms with Crippen molar-refractivity contribution in [1.29, 1.82) is 0 Å². The van der Waals surface area contributed by atoms with Crippen LogP contribution in [0.2, 0.25) is 0 Å². The van der Waals surface area contributed by atoms with E-state index in [2.05, 4.69) is 10.6 Å². The molecule has 4 atom stereocenters. The fourth-order valence-corrected chi connectivity index (χ4v) is 4.59. The highest BCUT2D eigenvalue weighted by Gasteiger charge is 2.39. The number of nitrogens with zero attached hydrogens (tertiary/aromatic N) is 1. The van der Waals surface area contributed by atoms with Crippen LogP contribution in [0.4, 0.5) is 4.39 Å². The lowest BCUT2D eigenvalue weighted by Gasteiger charge is -2.30. The minimum absolute atomic E-state index is 0.168. The van der Waals surface area contributed by atoms with Crippen molar-refractivity contribution in [2.45, 2.75) is 77.1 Å². The van der Waals surface area contributed by atoms with E-state index >= 15 is 0 Å². The van der Waals surface area contributed by atoms with Crippen molar-refractivity contribution in [2.24, 2.45) is 11.7 Å². The molecule has 2 aromatic carbocycles. The highest BCUT2D eigenvalue weighted by Crippen LogP contribution is 2.33. The van der Waals surface area contributed by atoms with E-state index in [1.807, 2.05) is 31.2 Å². The predicted molar refractivity (Wildman–Crippen MR) is 153 cm³/mol. The van der Waals surface area contributed by atoms with Crippen LogP contribution in [0, 0.1) is 11.7 Å². The molecule has 1 aliphatic carbocycles. The molecule has 40 heavy (non-hydrogen) atoms. The number of benzene rings is 2. The highest BCUT2D eigenvalue weighted by molar-refractivity contribution is 5.93. The van der Waals surface area contributed by atoms with Crippen molar-refractivity contribution in [2.75, 3.05) is 20.1 Å². The summed E-state index contributed by atoms with van der Waals surface area (Å²) in [5.41, 5.74) is 7.51. The largest absolute Gasteiger partial charge is 0.489 e. The van der Waals surface area contributed by atoms with Gasteiger partial charge in [0, 0.05) is 13.6 Å². The van der Waals surface area contributed by atoms with Gasteiger partial charge in [0.25, 0.3) is 0 Å². The van der Waals surface area contributed by atoms with E-state index in [0.29, 0.717) is 13.1 Å². The zero-order valence-corrected chi connectivity index (χ0v) is 24.0. The fourth-order valence-electron chi connectivity index (χ4n) is 4.59. The maximum atomic E-state index is 13.5. The molecule has 0 unspecified atom stereocenters. The van der Waals surface area contributed by atoms with Gasteiger partial charge in [-0.25, -0.2) is 4.39 Å². The summed E-state index contributed by atoms with van der Waals surface area (Å²) in [5, 5.41) is 6.15. The molecule has 4 N–H and O–H groups in total. The first-order valence-corrected chi connectivity index (χ1v) is 14.1. The molecule has 0 saturated heterocycles. The number of hydrogen-bond acceptors (Lipinski definition) is 6. The molecular weight excluding hydrogens is 511 g/mol. The van der Waals surface area contributed by atoms with Crippen LogP contribution in [-0.2, 0) is 27.2 Å². The van der Waals surface area contributed by atoms with Crippen molar-refractivity contribution >= 4 is 17.6 Å². The van der Waals surface area contributed by atoms with Gasteiger partial charge in [-0.15, -0.1) is 0 Å². The lowest BCUT2D eigenvalue weighted by atomic mass is 10.0. The molecule has 1 fully saturated rings. The van der Waals surface area contributed by atoms with Crippen LogP contribution in [0.5, 0.6) is 5.75 Å². The molecule has 1 saturated carbocycles.